The van der Waals surface area contributed by atoms with Crippen molar-refractivity contribution < 1.29 is 13.9 Å². The van der Waals surface area contributed by atoms with Crippen molar-refractivity contribution in [2.45, 2.75) is 19.4 Å². The zero-order valence-electron chi connectivity index (χ0n) is 10.0. The molecule has 0 radical (unpaired) electrons. The van der Waals surface area contributed by atoms with Gasteiger partial charge >= 0.3 is 0 Å². The highest BCUT2D eigenvalue weighted by atomic mass is 19.1. The van der Waals surface area contributed by atoms with Crippen LogP contribution < -0.4 is 10.1 Å². The second-order valence-electron chi connectivity index (χ2n) is 4.40. The van der Waals surface area contributed by atoms with Crippen molar-refractivity contribution in [2.75, 3.05) is 20.4 Å². The van der Waals surface area contributed by atoms with E-state index in [4.69, 9.17) is 9.47 Å². The molecular weight excluding hydrogens is 221 g/mol. The van der Waals surface area contributed by atoms with Crippen molar-refractivity contribution >= 4 is 0 Å². The molecule has 1 saturated carbocycles. The maximum atomic E-state index is 13.2. The Balaban J connectivity index is 1.80. The maximum Gasteiger partial charge on any atom is 0.189 e. The average Bonchev–Trinajstić information content (AvgIpc) is 3.08. The molecule has 4 heteroatoms. The summed E-state index contributed by atoms with van der Waals surface area (Å²) in [7, 11) is 1.82. The molecule has 0 bridgehead atoms. The van der Waals surface area contributed by atoms with Crippen LogP contribution in [0.25, 0.3) is 0 Å². The summed E-state index contributed by atoms with van der Waals surface area (Å²) in [5, 5.41) is 2.98. The van der Waals surface area contributed by atoms with Crippen LogP contribution in [0, 0.1) is 11.7 Å². The van der Waals surface area contributed by atoms with E-state index >= 15 is 0 Å². The van der Waals surface area contributed by atoms with Crippen molar-refractivity contribution in [2.24, 2.45) is 5.92 Å². The quantitative estimate of drug-likeness (QED) is 0.585. The van der Waals surface area contributed by atoms with Crippen molar-refractivity contribution in [3.63, 3.8) is 0 Å². The van der Waals surface area contributed by atoms with E-state index in [0.717, 1.165) is 12.2 Å². The summed E-state index contributed by atoms with van der Waals surface area (Å²) < 4.78 is 24.0. The van der Waals surface area contributed by atoms with Gasteiger partial charge in [0, 0.05) is 12.6 Å². The second-order valence-corrected chi connectivity index (χ2v) is 4.40. The largest absolute Gasteiger partial charge is 0.467 e. The summed E-state index contributed by atoms with van der Waals surface area (Å²) in [4.78, 5) is 0. The van der Waals surface area contributed by atoms with Crippen LogP contribution >= 0.6 is 0 Å². The van der Waals surface area contributed by atoms with Crippen LogP contribution in [-0.2, 0) is 11.3 Å². The third kappa shape index (κ3) is 4.32. The van der Waals surface area contributed by atoms with Gasteiger partial charge in [-0.3, -0.25) is 0 Å². The van der Waals surface area contributed by atoms with E-state index in [-0.39, 0.29) is 12.6 Å². The number of ether oxygens (including phenoxy) is 2. The first kappa shape index (κ1) is 12.3. The number of halogens is 1. The minimum absolute atomic E-state index is 0.193. The lowest BCUT2D eigenvalue weighted by Crippen LogP contribution is -2.08. The summed E-state index contributed by atoms with van der Waals surface area (Å²) in [6, 6.07) is 4.69. The summed E-state index contributed by atoms with van der Waals surface area (Å²) in [6.45, 7) is 1.56. The van der Waals surface area contributed by atoms with Gasteiger partial charge in [-0.2, -0.15) is 0 Å². The van der Waals surface area contributed by atoms with Crippen LogP contribution in [0.5, 0.6) is 5.75 Å². The lowest BCUT2D eigenvalue weighted by Gasteiger charge is -2.09. The highest BCUT2D eigenvalue weighted by Gasteiger charge is 2.21. The average molecular weight is 239 g/mol. The van der Waals surface area contributed by atoms with E-state index in [1.165, 1.54) is 25.0 Å². The molecule has 1 aromatic carbocycles. The molecule has 0 amide bonds. The van der Waals surface area contributed by atoms with E-state index in [9.17, 15) is 4.39 Å². The van der Waals surface area contributed by atoms with E-state index in [1.54, 1.807) is 0 Å². The van der Waals surface area contributed by atoms with Gasteiger partial charge in [0.05, 0.1) is 6.61 Å². The minimum Gasteiger partial charge on any atom is -0.467 e. The topological polar surface area (TPSA) is 30.5 Å². The third-order valence-electron chi connectivity index (χ3n) is 2.67. The molecule has 17 heavy (non-hydrogen) atoms. The normalized spacial score (nSPS) is 14.9. The zero-order valence-corrected chi connectivity index (χ0v) is 10.0. The van der Waals surface area contributed by atoms with Crippen LogP contribution in [-0.4, -0.2) is 20.4 Å². The molecule has 1 aliphatic rings. The minimum atomic E-state index is -0.282. The molecular formula is C13H18FNO2. The Morgan fingerprint density at radius 3 is 2.88 bits per heavy atom. The summed E-state index contributed by atoms with van der Waals surface area (Å²) in [5.41, 5.74) is 0.865. The number of hydrogen-bond acceptors (Lipinski definition) is 3. The first-order valence-corrected chi connectivity index (χ1v) is 5.92. The predicted molar refractivity (Wildman–Crippen MR) is 63.3 cm³/mol. The molecule has 0 spiro atoms. The zero-order chi connectivity index (χ0) is 12.1. The van der Waals surface area contributed by atoms with Gasteiger partial charge in [0.25, 0.3) is 0 Å². The van der Waals surface area contributed by atoms with Gasteiger partial charge in [0.15, 0.2) is 6.79 Å². The Bertz CT molecular complexity index is 366. The van der Waals surface area contributed by atoms with Crippen molar-refractivity contribution in [1.29, 1.82) is 0 Å². The number of hydrogen-bond donors (Lipinski definition) is 1. The fraction of sp³-hybridized carbons (Fsp3) is 0.538. The van der Waals surface area contributed by atoms with Crippen LogP contribution in [0.2, 0.25) is 0 Å². The van der Waals surface area contributed by atoms with Crippen molar-refractivity contribution in [3.05, 3.63) is 29.6 Å². The molecule has 0 atom stereocenters. The third-order valence-corrected chi connectivity index (χ3v) is 2.67. The fourth-order valence-corrected chi connectivity index (χ4v) is 1.62. The molecule has 94 valence electrons. The van der Waals surface area contributed by atoms with Gasteiger partial charge in [-0.25, -0.2) is 4.39 Å². The highest BCUT2D eigenvalue weighted by molar-refractivity contribution is 5.29. The van der Waals surface area contributed by atoms with Gasteiger partial charge < -0.3 is 14.8 Å². The molecule has 0 saturated heterocycles. The number of benzene rings is 1. The molecule has 0 aliphatic heterocycles. The second kappa shape index (κ2) is 5.98. The molecule has 1 aliphatic carbocycles. The molecule has 0 heterocycles. The monoisotopic (exact) mass is 239 g/mol. The van der Waals surface area contributed by atoms with E-state index in [2.05, 4.69) is 5.32 Å². The standard InChI is InChI=1S/C13H18FNO2/c1-15-7-11-4-12(14)6-13(5-11)17-9-16-8-10-2-3-10/h4-6,10,15H,2-3,7-9H2,1H3. The van der Waals surface area contributed by atoms with Gasteiger partial charge in [0.2, 0.25) is 0 Å². The van der Waals surface area contributed by atoms with Crippen LogP contribution in [0.15, 0.2) is 18.2 Å². The van der Waals surface area contributed by atoms with Gasteiger partial charge in [-0.15, -0.1) is 0 Å². The molecule has 2 rings (SSSR count). The van der Waals surface area contributed by atoms with E-state index < -0.39 is 0 Å². The van der Waals surface area contributed by atoms with E-state index in [0.29, 0.717) is 18.2 Å². The molecule has 1 N–H and O–H groups in total. The van der Waals surface area contributed by atoms with Crippen LogP contribution in [0.4, 0.5) is 4.39 Å². The van der Waals surface area contributed by atoms with Crippen LogP contribution in [0.3, 0.4) is 0 Å². The van der Waals surface area contributed by atoms with Gasteiger partial charge in [-0.05, 0) is 43.5 Å². The Morgan fingerprint density at radius 2 is 2.18 bits per heavy atom. The summed E-state index contributed by atoms with van der Waals surface area (Å²) >= 11 is 0. The fourth-order valence-electron chi connectivity index (χ4n) is 1.62. The molecule has 1 aromatic rings. The Kier molecular flexibility index (Phi) is 4.34. The first-order valence-electron chi connectivity index (χ1n) is 5.92. The number of nitrogens with one attached hydrogen (secondary N) is 1. The lowest BCUT2D eigenvalue weighted by atomic mass is 10.2. The Morgan fingerprint density at radius 1 is 1.35 bits per heavy atom. The van der Waals surface area contributed by atoms with Gasteiger partial charge in [-0.1, -0.05) is 0 Å². The van der Waals surface area contributed by atoms with Gasteiger partial charge in [0.1, 0.15) is 11.6 Å². The maximum absolute atomic E-state index is 13.2. The van der Waals surface area contributed by atoms with Crippen molar-refractivity contribution in [1.82, 2.24) is 5.32 Å². The highest BCUT2D eigenvalue weighted by Crippen LogP contribution is 2.28. The van der Waals surface area contributed by atoms with Crippen molar-refractivity contribution in [3.8, 4) is 5.75 Å². The Hall–Kier alpha value is -1.13. The van der Waals surface area contributed by atoms with Crippen LogP contribution in [0.1, 0.15) is 18.4 Å². The lowest BCUT2D eigenvalue weighted by molar-refractivity contribution is 0.00979. The molecule has 0 aromatic heterocycles. The summed E-state index contributed by atoms with van der Waals surface area (Å²) in [5.74, 6) is 0.951. The molecule has 0 unspecified atom stereocenters. The molecule has 3 nitrogen and oxygen atoms in total. The predicted octanol–water partition coefficient (Wildman–Crippen LogP) is 2.31. The van der Waals surface area contributed by atoms with E-state index in [1.807, 2.05) is 13.1 Å². The Labute approximate surface area is 101 Å². The summed E-state index contributed by atoms with van der Waals surface area (Å²) in [6.07, 6.45) is 2.51. The molecule has 1 fully saturated rings. The number of rotatable bonds is 7. The first-order chi connectivity index (χ1) is 8.28. The SMILES string of the molecule is CNCc1cc(F)cc(OCOCC2CC2)c1. The smallest absolute Gasteiger partial charge is 0.189 e.